The molecule has 2 aromatic rings. The molecular weight excluding hydrogens is 252 g/mol. The zero-order valence-electron chi connectivity index (χ0n) is 11.1. The number of carboxylic acid groups (broad SMARTS) is 1. The quantitative estimate of drug-likeness (QED) is 0.653. The van der Waals surface area contributed by atoms with Gasteiger partial charge in [-0.25, -0.2) is 4.79 Å². The maximum Gasteiger partial charge on any atom is 0.335 e. The van der Waals surface area contributed by atoms with Gasteiger partial charge in [-0.15, -0.1) is 0 Å². The second kappa shape index (κ2) is 5.93. The number of carbonyl (C=O) groups is 1. The van der Waals surface area contributed by atoms with Crippen LogP contribution >= 0.6 is 0 Å². The molecule has 0 bridgehead atoms. The highest BCUT2D eigenvalue weighted by atomic mass is 16.4. The van der Waals surface area contributed by atoms with E-state index < -0.39 is 5.97 Å². The zero-order chi connectivity index (χ0) is 14.5. The first-order valence-corrected chi connectivity index (χ1v) is 6.07. The van der Waals surface area contributed by atoms with Crippen LogP contribution in [0, 0.1) is 6.92 Å². The number of benzene rings is 2. The highest BCUT2D eigenvalue weighted by Crippen LogP contribution is 2.21. The molecule has 0 atom stereocenters. The Kier molecular flexibility index (Phi) is 4.05. The molecule has 100 valence electrons. The fourth-order valence-electron chi connectivity index (χ4n) is 1.58. The molecule has 4 heteroatoms. The van der Waals surface area contributed by atoms with E-state index in [-0.39, 0.29) is 5.57 Å². The average molecular weight is 266 g/mol. The van der Waals surface area contributed by atoms with Gasteiger partial charge in [0.1, 0.15) is 0 Å². The number of azo groups is 1. The topological polar surface area (TPSA) is 62.0 Å². The first-order valence-electron chi connectivity index (χ1n) is 6.07. The summed E-state index contributed by atoms with van der Waals surface area (Å²) < 4.78 is 0. The van der Waals surface area contributed by atoms with Crippen molar-refractivity contribution < 1.29 is 9.90 Å². The number of hydrogen-bond donors (Lipinski definition) is 1. The van der Waals surface area contributed by atoms with Gasteiger partial charge in [0.2, 0.25) is 0 Å². The zero-order valence-corrected chi connectivity index (χ0v) is 11.1. The molecule has 0 heterocycles. The van der Waals surface area contributed by atoms with E-state index in [1.54, 1.807) is 24.3 Å². The van der Waals surface area contributed by atoms with Gasteiger partial charge in [0, 0.05) is 0 Å². The van der Waals surface area contributed by atoms with Gasteiger partial charge in [-0.3, -0.25) is 0 Å². The molecule has 0 saturated carbocycles. The number of aliphatic carboxylic acids is 1. The Balaban J connectivity index is 2.13. The van der Waals surface area contributed by atoms with E-state index in [2.05, 4.69) is 16.8 Å². The van der Waals surface area contributed by atoms with Gasteiger partial charge in [0.05, 0.1) is 16.9 Å². The predicted molar refractivity (Wildman–Crippen MR) is 78.5 cm³/mol. The van der Waals surface area contributed by atoms with Gasteiger partial charge in [-0.05, 0) is 36.8 Å². The Morgan fingerprint density at radius 2 is 1.40 bits per heavy atom. The van der Waals surface area contributed by atoms with E-state index >= 15 is 0 Å². The highest BCUT2D eigenvalue weighted by molar-refractivity contribution is 6.14. The summed E-state index contributed by atoms with van der Waals surface area (Å²) in [7, 11) is 0. The van der Waals surface area contributed by atoms with E-state index in [9.17, 15) is 4.79 Å². The smallest absolute Gasteiger partial charge is 0.335 e. The molecule has 2 aromatic carbocycles. The largest absolute Gasteiger partial charge is 0.478 e. The third-order valence-corrected chi connectivity index (χ3v) is 2.79. The van der Waals surface area contributed by atoms with Crippen LogP contribution in [0.1, 0.15) is 11.1 Å². The molecule has 0 spiro atoms. The average Bonchev–Trinajstić information content (AvgIpc) is 2.46. The van der Waals surface area contributed by atoms with Crippen molar-refractivity contribution >= 4 is 22.9 Å². The van der Waals surface area contributed by atoms with Crippen LogP contribution in [0.25, 0.3) is 5.57 Å². The molecule has 0 aliphatic carbocycles. The maximum atomic E-state index is 10.8. The normalized spacial score (nSPS) is 10.7. The summed E-state index contributed by atoms with van der Waals surface area (Å²) >= 11 is 0. The van der Waals surface area contributed by atoms with Crippen LogP contribution in [0.3, 0.4) is 0 Å². The second-order valence-corrected chi connectivity index (χ2v) is 4.37. The van der Waals surface area contributed by atoms with Crippen molar-refractivity contribution in [1.29, 1.82) is 0 Å². The SMILES string of the molecule is C=C(C(=O)O)c1ccc(N=Nc2ccc(C)cc2)cc1. The Morgan fingerprint density at radius 1 is 0.950 bits per heavy atom. The molecule has 0 fully saturated rings. The molecule has 0 aliphatic heterocycles. The molecule has 1 N–H and O–H groups in total. The minimum atomic E-state index is -1.03. The monoisotopic (exact) mass is 266 g/mol. The minimum Gasteiger partial charge on any atom is -0.478 e. The summed E-state index contributed by atoms with van der Waals surface area (Å²) in [6, 6.07) is 14.5. The molecule has 0 unspecified atom stereocenters. The summed E-state index contributed by atoms with van der Waals surface area (Å²) in [5.41, 5.74) is 3.22. The Labute approximate surface area is 117 Å². The van der Waals surface area contributed by atoms with Gasteiger partial charge in [0.25, 0.3) is 0 Å². The minimum absolute atomic E-state index is 0.0621. The first kappa shape index (κ1) is 13.7. The van der Waals surface area contributed by atoms with Crippen molar-refractivity contribution in [2.75, 3.05) is 0 Å². The number of rotatable bonds is 4. The number of hydrogen-bond acceptors (Lipinski definition) is 3. The fraction of sp³-hybridized carbons (Fsp3) is 0.0625. The third kappa shape index (κ3) is 3.38. The van der Waals surface area contributed by atoms with Crippen molar-refractivity contribution in [3.8, 4) is 0 Å². The molecule has 4 nitrogen and oxygen atoms in total. The third-order valence-electron chi connectivity index (χ3n) is 2.79. The number of nitrogens with zero attached hydrogens (tertiary/aromatic N) is 2. The lowest BCUT2D eigenvalue weighted by molar-refractivity contribution is -0.130. The van der Waals surface area contributed by atoms with Gasteiger partial charge in [0.15, 0.2) is 0 Å². The lowest BCUT2D eigenvalue weighted by Crippen LogP contribution is -1.97. The van der Waals surface area contributed by atoms with E-state index in [0.717, 1.165) is 5.69 Å². The molecule has 0 saturated heterocycles. The Hall–Kier alpha value is -2.75. The predicted octanol–water partition coefficient (Wildman–Crippen LogP) is 4.51. The van der Waals surface area contributed by atoms with Gasteiger partial charge in [-0.2, -0.15) is 10.2 Å². The molecule has 20 heavy (non-hydrogen) atoms. The Morgan fingerprint density at radius 3 is 1.85 bits per heavy atom. The van der Waals surface area contributed by atoms with Crippen LogP contribution in [0.2, 0.25) is 0 Å². The summed E-state index contributed by atoms with van der Waals surface area (Å²) in [6.45, 7) is 5.51. The van der Waals surface area contributed by atoms with Crippen LogP contribution < -0.4 is 0 Å². The summed E-state index contributed by atoms with van der Waals surface area (Å²) in [4.78, 5) is 10.8. The standard InChI is InChI=1S/C16H14N2O2/c1-11-3-7-14(8-4-11)17-18-15-9-5-13(6-10-15)12(2)16(19)20/h3-10H,2H2,1H3,(H,19,20). The van der Waals surface area contributed by atoms with Crippen molar-refractivity contribution in [2.24, 2.45) is 10.2 Å². The van der Waals surface area contributed by atoms with Crippen LogP contribution in [-0.4, -0.2) is 11.1 Å². The van der Waals surface area contributed by atoms with E-state index in [0.29, 0.717) is 11.3 Å². The van der Waals surface area contributed by atoms with E-state index in [1.165, 1.54) is 5.56 Å². The lowest BCUT2D eigenvalue weighted by atomic mass is 10.1. The van der Waals surface area contributed by atoms with Gasteiger partial charge >= 0.3 is 5.97 Å². The molecule has 0 amide bonds. The number of carboxylic acids is 1. The Bertz CT molecular complexity index is 656. The van der Waals surface area contributed by atoms with Crippen LogP contribution in [-0.2, 0) is 4.79 Å². The van der Waals surface area contributed by atoms with Crippen LogP contribution in [0.4, 0.5) is 11.4 Å². The van der Waals surface area contributed by atoms with Crippen molar-refractivity contribution in [2.45, 2.75) is 6.92 Å². The molecular formula is C16H14N2O2. The summed E-state index contributed by atoms with van der Waals surface area (Å²) in [6.07, 6.45) is 0. The second-order valence-electron chi connectivity index (χ2n) is 4.37. The first-order chi connectivity index (χ1) is 9.56. The number of aryl methyl sites for hydroxylation is 1. The van der Waals surface area contributed by atoms with E-state index in [1.807, 2.05) is 31.2 Å². The van der Waals surface area contributed by atoms with Gasteiger partial charge in [-0.1, -0.05) is 36.4 Å². The van der Waals surface area contributed by atoms with Crippen LogP contribution in [0.15, 0.2) is 65.3 Å². The molecule has 0 radical (unpaired) electrons. The van der Waals surface area contributed by atoms with E-state index in [4.69, 9.17) is 5.11 Å². The van der Waals surface area contributed by atoms with Gasteiger partial charge < -0.3 is 5.11 Å². The molecule has 0 aromatic heterocycles. The maximum absolute atomic E-state index is 10.8. The lowest BCUT2D eigenvalue weighted by Gasteiger charge is -2.00. The van der Waals surface area contributed by atoms with Crippen LogP contribution in [0.5, 0.6) is 0 Å². The highest BCUT2D eigenvalue weighted by Gasteiger charge is 2.06. The fourth-order valence-corrected chi connectivity index (χ4v) is 1.58. The summed E-state index contributed by atoms with van der Waals surface area (Å²) in [5, 5.41) is 17.1. The van der Waals surface area contributed by atoms with Crippen molar-refractivity contribution in [1.82, 2.24) is 0 Å². The van der Waals surface area contributed by atoms with Crippen molar-refractivity contribution in [3.05, 3.63) is 66.2 Å². The van der Waals surface area contributed by atoms with Crippen molar-refractivity contribution in [3.63, 3.8) is 0 Å². The molecule has 0 aliphatic rings. The molecule has 2 rings (SSSR count). The summed E-state index contributed by atoms with van der Waals surface area (Å²) in [5.74, 6) is -1.03.